The molecule has 0 fully saturated rings. The number of benzene rings is 3. The third-order valence-electron chi connectivity index (χ3n) is 6.10. The molecular weight excluding hydrogens is 440 g/mol. The van der Waals surface area contributed by atoms with Gasteiger partial charge in [-0.3, -0.25) is 9.59 Å². The van der Waals surface area contributed by atoms with Crippen molar-refractivity contribution in [2.45, 2.75) is 19.4 Å². The number of nitrogens with zero attached hydrogens (tertiary/aromatic N) is 2. The smallest absolute Gasteiger partial charge is 0.310 e. The molecule has 0 bridgehead atoms. The van der Waals surface area contributed by atoms with Gasteiger partial charge in [0.15, 0.2) is 6.29 Å². The van der Waals surface area contributed by atoms with Gasteiger partial charge in [0.1, 0.15) is 18.2 Å². The number of ether oxygens (including phenoxy) is 2. The number of carbonyl (C=O) groups is 2. The quantitative estimate of drug-likeness (QED) is 0.236. The predicted molar refractivity (Wildman–Crippen MR) is 138 cm³/mol. The van der Waals surface area contributed by atoms with Gasteiger partial charge in [-0.25, -0.2) is 0 Å². The van der Waals surface area contributed by atoms with E-state index in [4.69, 9.17) is 9.47 Å². The molecule has 0 atom stereocenters. The number of aldehydes is 1. The number of esters is 1. The fourth-order valence-electron chi connectivity index (χ4n) is 4.41. The van der Waals surface area contributed by atoms with Crippen LogP contribution in [0.2, 0.25) is 0 Å². The maximum absolute atomic E-state index is 12.5. The second-order valence-corrected chi connectivity index (χ2v) is 8.44. The number of hydrogen-bond donors (Lipinski definition) is 0. The van der Waals surface area contributed by atoms with Crippen molar-refractivity contribution in [3.63, 3.8) is 0 Å². The van der Waals surface area contributed by atoms with E-state index in [9.17, 15) is 9.59 Å². The van der Waals surface area contributed by atoms with Crippen LogP contribution in [0.3, 0.4) is 0 Å². The number of hydrogen-bond acceptors (Lipinski definition) is 5. The normalized spacial score (nSPS) is 10.8. The Kier molecular flexibility index (Phi) is 7.83. The average molecular weight is 471 g/mol. The Morgan fingerprint density at radius 2 is 1.66 bits per heavy atom. The molecule has 180 valence electrons. The highest BCUT2D eigenvalue weighted by molar-refractivity contribution is 5.94. The van der Waals surface area contributed by atoms with E-state index in [0.717, 1.165) is 47.1 Å². The topological polar surface area (TPSA) is 60.8 Å². The van der Waals surface area contributed by atoms with E-state index in [0.29, 0.717) is 12.3 Å². The summed E-state index contributed by atoms with van der Waals surface area (Å²) in [6, 6.07) is 26.4. The van der Waals surface area contributed by atoms with Gasteiger partial charge in [-0.15, -0.1) is 0 Å². The first-order valence-corrected chi connectivity index (χ1v) is 11.7. The molecule has 0 saturated heterocycles. The highest BCUT2D eigenvalue weighted by atomic mass is 16.5. The van der Waals surface area contributed by atoms with Crippen molar-refractivity contribution in [3.05, 3.63) is 95.6 Å². The molecule has 0 aliphatic heterocycles. The maximum Gasteiger partial charge on any atom is 0.310 e. The summed E-state index contributed by atoms with van der Waals surface area (Å²) in [6.45, 7) is 1.41. The minimum absolute atomic E-state index is 0.0214. The van der Waals surface area contributed by atoms with E-state index in [1.165, 1.54) is 12.7 Å². The van der Waals surface area contributed by atoms with Gasteiger partial charge in [0.05, 0.1) is 19.0 Å². The van der Waals surface area contributed by atoms with E-state index < -0.39 is 0 Å². The molecule has 35 heavy (non-hydrogen) atoms. The number of rotatable bonds is 11. The zero-order valence-corrected chi connectivity index (χ0v) is 20.1. The lowest BCUT2D eigenvalue weighted by atomic mass is 10.1. The Labute approximate surface area is 205 Å². The van der Waals surface area contributed by atoms with Crippen LogP contribution >= 0.6 is 0 Å². The molecule has 4 rings (SSSR count). The van der Waals surface area contributed by atoms with Crippen LogP contribution in [-0.2, 0) is 33.7 Å². The average Bonchev–Trinajstić information content (AvgIpc) is 3.19. The van der Waals surface area contributed by atoms with E-state index in [1.807, 2.05) is 54.6 Å². The van der Waals surface area contributed by atoms with Gasteiger partial charge < -0.3 is 18.9 Å². The van der Waals surface area contributed by atoms with Crippen molar-refractivity contribution in [1.29, 1.82) is 0 Å². The minimum atomic E-state index is -0.305. The zero-order chi connectivity index (χ0) is 24.6. The molecule has 3 aromatic carbocycles. The van der Waals surface area contributed by atoms with Gasteiger partial charge in [0.2, 0.25) is 0 Å². The second kappa shape index (κ2) is 11.4. The summed E-state index contributed by atoms with van der Waals surface area (Å²) in [6.07, 6.45) is 1.73. The molecule has 6 nitrogen and oxygen atoms in total. The number of likely N-dealkylation sites (N-methyl/N-ethyl adjacent to an activating group) is 1. The van der Waals surface area contributed by atoms with Gasteiger partial charge in [-0.2, -0.15) is 0 Å². The molecular formula is C29H30N2O4. The summed E-state index contributed by atoms with van der Waals surface area (Å²) in [7, 11) is 3.46. The highest BCUT2D eigenvalue weighted by Crippen LogP contribution is 2.36. The van der Waals surface area contributed by atoms with Gasteiger partial charge in [-0.05, 0) is 35.7 Å². The Morgan fingerprint density at radius 3 is 2.31 bits per heavy atom. The second-order valence-electron chi connectivity index (χ2n) is 8.44. The molecule has 0 aliphatic rings. The Balaban J connectivity index is 1.82. The van der Waals surface area contributed by atoms with Crippen molar-refractivity contribution in [2.24, 2.45) is 0 Å². The van der Waals surface area contributed by atoms with Gasteiger partial charge in [-0.1, -0.05) is 60.7 Å². The standard InChI is InChI=1S/C29H30N2O4/c1-30(16-15-22-9-5-3-6-10-22)29-26(20-28(33)34-2)25-19-24(35-18-17-32)13-14-27(25)31(29)21-23-11-7-4-8-12-23/h3-14,17,19H,15-16,18,20-21H2,1-2H3. The third kappa shape index (κ3) is 5.72. The third-order valence-corrected chi connectivity index (χ3v) is 6.10. The molecule has 0 spiro atoms. The van der Waals surface area contributed by atoms with Crippen LogP contribution in [0, 0.1) is 0 Å². The van der Waals surface area contributed by atoms with E-state index in [-0.39, 0.29) is 19.0 Å². The van der Waals surface area contributed by atoms with Crippen LogP contribution < -0.4 is 9.64 Å². The summed E-state index contributed by atoms with van der Waals surface area (Å²) in [4.78, 5) is 25.5. The molecule has 6 heteroatoms. The van der Waals surface area contributed by atoms with Crippen molar-refractivity contribution in [2.75, 3.05) is 32.2 Å². The molecule has 1 aromatic heterocycles. The van der Waals surface area contributed by atoms with Crippen molar-refractivity contribution in [1.82, 2.24) is 4.57 Å². The zero-order valence-electron chi connectivity index (χ0n) is 20.1. The number of fused-ring (bicyclic) bond motifs is 1. The molecule has 0 N–H and O–H groups in total. The molecule has 0 saturated carbocycles. The molecule has 4 aromatic rings. The highest BCUT2D eigenvalue weighted by Gasteiger charge is 2.23. The predicted octanol–water partition coefficient (Wildman–Crippen LogP) is 4.66. The SMILES string of the molecule is COC(=O)Cc1c(N(C)CCc2ccccc2)n(Cc2ccccc2)c2ccc(OCC=O)cc12. The lowest BCUT2D eigenvalue weighted by Gasteiger charge is -2.24. The van der Waals surface area contributed by atoms with Gasteiger partial charge in [0, 0.05) is 31.1 Å². The molecule has 0 radical (unpaired) electrons. The monoisotopic (exact) mass is 470 g/mol. The summed E-state index contributed by atoms with van der Waals surface area (Å²) in [5.41, 5.74) is 4.29. The van der Waals surface area contributed by atoms with Crippen LogP contribution in [0.5, 0.6) is 5.75 Å². The molecule has 0 unspecified atom stereocenters. The van der Waals surface area contributed by atoms with Crippen molar-refractivity contribution < 1.29 is 19.1 Å². The first kappa shape index (κ1) is 24.1. The largest absolute Gasteiger partial charge is 0.486 e. The lowest BCUT2D eigenvalue weighted by Crippen LogP contribution is -2.25. The summed E-state index contributed by atoms with van der Waals surface area (Å²) in [5.74, 6) is 1.25. The van der Waals surface area contributed by atoms with Crippen LogP contribution in [-0.4, -0.2) is 44.1 Å². The van der Waals surface area contributed by atoms with E-state index in [1.54, 1.807) is 0 Å². The van der Waals surface area contributed by atoms with Crippen LogP contribution in [0.1, 0.15) is 16.7 Å². The molecule has 1 heterocycles. The number of anilines is 1. The number of methoxy groups -OCH3 is 1. The number of carbonyl (C=O) groups excluding carboxylic acids is 2. The van der Waals surface area contributed by atoms with Crippen LogP contribution in [0.25, 0.3) is 10.9 Å². The molecule has 0 aliphatic carbocycles. The van der Waals surface area contributed by atoms with Crippen LogP contribution in [0.15, 0.2) is 78.9 Å². The van der Waals surface area contributed by atoms with Crippen LogP contribution in [0.4, 0.5) is 5.82 Å². The van der Waals surface area contributed by atoms with Gasteiger partial charge in [0.25, 0.3) is 0 Å². The maximum atomic E-state index is 12.5. The summed E-state index contributed by atoms with van der Waals surface area (Å²) < 4.78 is 12.9. The van der Waals surface area contributed by atoms with Crippen molar-refractivity contribution >= 4 is 29.0 Å². The Bertz CT molecular complexity index is 1280. The summed E-state index contributed by atoms with van der Waals surface area (Å²) in [5, 5.41) is 0.913. The Morgan fingerprint density at radius 1 is 0.971 bits per heavy atom. The first-order chi connectivity index (χ1) is 17.1. The van der Waals surface area contributed by atoms with E-state index in [2.05, 4.69) is 40.8 Å². The minimum Gasteiger partial charge on any atom is -0.486 e. The fraction of sp³-hybridized carbons (Fsp3) is 0.241. The van der Waals surface area contributed by atoms with E-state index >= 15 is 0 Å². The lowest BCUT2D eigenvalue weighted by molar-refractivity contribution is -0.139. The first-order valence-electron chi connectivity index (χ1n) is 11.7. The summed E-state index contributed by atoms with van der Waals surface area (Å²) >= 11 is 0. The fourth-order valence-corrected chi connectivity index (χ4v) is 4.41. The Hall–Kier alpha value is -4.06. The molecule has 0 amide bonds. The van der Waals surface area contributed by atoms with Gasteiger partial charge >= 0.3 is 5.97 Å². The number of aromatic nitrogens is 1. The van der Waals surface area contributed by atoms with Crippen molar-refractivity contribution in [3.8, 4) is 5.75 Å².